The second-order valence-corrected chi connectivity index (χ2v) is 2.99. The highest BCUT2D eigenvalue weighted by Crippen LogP contribution is 2.16. The Balaban J connectivity index is 3.02. The molecule has 1 aromatic rings. The Kier molecular flexibility index (Phi) is 3.95. The lowest BCUT2D eigenvalue weighted by atomic mass is 10.0. The number of nitrogens with zero attached hydrogens (tertiary/aromatic N) is 1. The zero-order chi connectivity index (χ0) is 12.1. The molecule has 0 radical (unpaired) electrons. The number of halogens is 2. The van der Waals surface area contributed by atoms with Crippen molar-refractivity contribution in [2.75, 3.05) is 6.61 Å². The minimum atomic E-state index is -1.23. The highest BCUT2D eigenvalue weighted by atomic mass is 19.2. The van der Waals surface area contributed by atoms with Crippen molar-refractivity contribution in [1.82, 2.24) is 0 Å². The van der Waals surface area contributed by atoms with Crippen LogP contribution in [0.1, 0.15) is 18.1 Å². The van der Waals surface area contributed by atoms with Crippen molar-refractivity contribution < 1.29 is 18.3 Å². The van der Waals surface area contributed by atoms with E-state index in [4.69, 9.17) is 5.26 Å². The minimum Gasteiger partial charge on any atom is -0.466 e. The molecule has 3 nitrogen and oxygen atoms in total. The van der Waals surface area contributed by atoms with Crippen LogP contribution in [0.3, 0.4) is 0 Å². The molecule has 0 amide bonds. The van der Waals surface area contributed by atoms with Gasteiger partial charge in [0.2, 0.25) is 0 Å². The van der Waals surface area contributed by atoms with Crippen LogP contribution in [-0.4, -0.2) is 12.6 Å². The van der Waals surface area contributed by atoms with Gasteiger partial charge in [-0.3, -0.25) is 4.79 Å². The number of carbonyl (C=O) groups excluding carboxylic acids is 1. The highest BCUT2D eigenvalue weighted by molar-refractivity contribution is 5.73. The van der Waals surface area contributed by atoms with Crippen LogP contribution in [0.5, 0.6) is 0 Å². The van der Waals surface area contributed by atoms with E-state index < -0.39 is 23.2 Å². The maximum absolute atomic E-state index is 13.1. The highest BCUT2D eigenvalue weighted by Gasteiger charge is 2.15. The second-order valence-electron chi connectivity index (χ2n) is 2.99. The van der Waals surface area contributed by atoms with Crippen molar-refractivity contribution in [3.8, 4) is 6.07 Å². The van der Waals surface area contributed by atoms with E-state index >= 15 is 0 Å². The molecule has 0 bridgehead atoms. The van der Waals surface area contributed by atoms with Crippen LogP contribution in [0.25, 0.3) is 0 Å². The van der Waals surface area contributed by atoms with Crippen molar-refractivity contribution in [3.05, 3.63) is 34.9 Å². The number of carbonyl (C=O) groups is 1. The lowest BCUT2D eigenvalue weighted by molar-refractivity contribution is -0.142. The van der Waals surface area contributed by atoms with Gasteiger partial charge in [0.05, 0.1) is 18.6 Å². The van der Waals surface area contributed by atoms with Gasteiger partial charge >= 0.3 is 5.97 Å². The summed E-state index contributed by atoms with van der Waals surface area (Å²) in [5.74, 6) is -2.92. The summed E-state index contributed by atoms with van der Waals surface area (Å²) in [7, 11) is 0. The summed E-state index contributed by atoms with van der Waals surface area (Å²) in [6.07, 6.45) is -0.242. The molecule has 0 aliphatic rings. The first-order valence-electron chi connectivity index (χ1n) is 4.62. The van der Waals surface area contributed by atoms with Crippen molar-refractivity contribution in [2.24, 2.45) is 0 Å². The first-order valence-corrected chi connectivity index (χ1v) is 4.62. The van der Waals surface area contributed by atoms with Gasteiger partial charge in [-0.25, -0.2) is 8.78 Å². The molecule has 0 atom stereocenters. The van der Waals surface area contributed by atoms with Gasteiger partial charge in [-0.1, -0.05) is 6.07 Å². The van der Waals surface area contributed by atoms with E-state index in [1.807, 2.05) is 0 Å². The van der Waals surface area contributed by atoms with Crippen molar-refractivity contribution >= 4 is 5.97 Å². The third kappa shape index (κ3) is 2.54. The summed E-state index contributed by atoms with van der Waals surface area (Å²) in [6, 6.07) is 3.61. The van der Waals surface area contributed by atoms with Gasteiger partial charge in [-0.15, -0.1) is 0 Å². The third-order valence-electron chi connectivity index (χ3n) is 1.93. The van der Waals surface area contributed by atoms with E-state index in [1.54, 1.807) is 6.92 Å². The lowest BCUT2D eigenvalue weighted by Gasteiger charge is -2.05. The van der Waals surface area contributed by atoms with Crippen LogP contribution in [-0.2, 0) is 16.0 Å². The number of rotatable bonds is 3. The summed E-state index contributed by atoms with van der Waals surface area (Å²) in [6.45, 7) is 1.83. The predicted molar refractivity (Wildman–Crippen MR) is 51.4 cm³/mol. The monoisotopic (exact) mass is 225 g/mol. The summed E-state index contributed by atoms with van der Waals surface area (Å²) in [4.78, 5) is 11.1. The Morgan fingerprint density at radius 3 is 2.75 bits per heavy atom. The Morgan fingerprint density at radius 2 is 2.19 bits per heavy atom. The maximum Gasteiger partial charge on any atom is 0.310 e. The zero-order valence-electron chi connectivity index (χ0n) is 8.59. The Labute approximate surface area is 91.3 Å². The van der Waals surface area contributed by atoms with E-state index in [9.17, 15) is 13.6 Å². The van der Waals surface area contributed by atoms with Crippen molar-refractivity contribution in [1.29, 1.82) is 5.26 Å². The fourth-order valence-electron chi connectivity index (χ4n) is 1.23. The van der Waals surface area contributed by atoms with Gasteiger partial charge in [-0.2, -0.15) is 5.26 Å². The average Bonchev–Trinajstić information content (AvgIpc) is 2.24. The van der Waals surface area contributed by atoms with E-state index in [0.717, 1.165) is 6.07 Å². The topological polar surface area (TPSA) is 50.1 Å². The number of hydrogen-bond acceptors (Lipinski definition) is 3. The first kappa shape index (κ1) is 12.1. The molecule has 0 saturated heterocycles. The van der Waals surface area contributed by atoms with Gasteiger partial charge in [0.15, 0.2) is 11.6 Å². The Hall–Kier alpha value is -1.96. The molecule has 0 aromatic heterocycles. The molecule has 16 heavy (non-hydrogen) atoms. The molecule has 0 spiro atoms. The molecule has 0 unspecified atom stereocenters. The van der Waals surface area contributed by atoms with Crippen molar-refractivity contribution in [3.63, 3.8) is 0 Å². The second kappa shape index (κ2) is 5.21. The van der Waals surface area contributed by atoms with E-state index in [-0.39, 0.29) is 18.6 Å². The van der Waals surface area contributed by atoms with Crippen LogP contribution in [0.15, 0.2) is 12.1 Å². The number of hydrogen-bond donors (Lipinski definition) is 0. The van der Waals surface area contributed by atoms with Gasteiger partial charge in [-0.05, 0) is 18.6 Å². The number of benzene rings is 1. The molecule has 0 aliphatic heterocycles. The zero-order valence-corrected chi connectivity index (χ0v) is 8.59. The van der Waals surface area contributed by atoms with Crippen LogP contribution < -0.4 is 0 Å². The number of ether oxygens (including phenoxy) is 1. The first-order chi connectivity index (χ1) is 7.60. The minimum absolute atomic E-state index is 0.125. The van der Waals surface area contributed by atoms with Crippen LogP contribution in [0.2, 0.25) is 0 Å². The molecule has 0 aliphatic carbocycles. The third-order valence-corrected chi connectivity index (χ3v) is 1.93. The maximum atomic E-state index is 13.1. The average molecular weight is 225 g/mol. The van der Waals surface area contributed by atoms with Gasteiger partial charge < -0.3 is 4.74 Å². The molecule has 1 aromatic carbocycles. The molecular formula is C11H9F2NO2. The molecule has 0 heterocycles. The summed E-state index contributed by atoms with van der Waals surface area (Å²) < 4.78 is 30.6. The molecule has 0 N–H and O–H groups in total. The fraction of sp³-hybridized carbons (Fsp3) is 0.273. The van der Waals surface area contributed by atoms with E-state index in [0.29, 0.717) is 0 Å². The van der Waals surface area contributed by atoms with Crippen LogP contribution in [0.4, 0.5) is 8.78 Å². The smallest absolute Gasteiger partial charge is 0.310 e. The molecule has 1 rings (SSSR count). The molecule has 0 saturated carbocycles. The molecule has 84 valence electrons. The quantitative estimate of drug-likeness (QED) is 0.738. The van der Waals surface area contributed by atoms with Crippen LogP contribution >= 0.6 is 0 Å². The van der Waals surface area contributed by atoms with E-state index in [1.165, 1.54) is 12.1 Å². The molecular weight excluding hydrogens is 216 g/mol. The number of nitriles is 1. The molecule has 5 heteroatoms. The summed E-state index contributed by atoms with van der Waals surface area (Å²) >= 11 is 0. The Morgan fingerprint density at radius 1 is 1.50 bits per heavy atom. The normalized spacial score (nSPS) is 9.62. The fourth-order valence-corrected chi connectivity index (χ4v) is 1.23. The summed E-state index contributed by atoms with van der Waals surface area (Å²) in [5.41, 5.74) is -0.326. The SMILES string of the molecule is CCOC(=O)Cc1ccc(F)c(F)c1C#N. The van der Waals surface area contributed by atoms with Gasteiger partial charge in [0.25, 0.3) is 0 Å². The lowest BCUT2D eigenvalue weighted by Crippen LogP contribution is -2.09. The van der Waals surface area contributed by atoms with Crippen LogP contribution in [0, 0.1) is 23.0 Å². The van der Waals surface area contributed by atoms with E-state index in [2.05, 4.69) is 4.74 Å². The summed E-state index contributed by atoms with van der Waals surface area (Å²) in [5, 5.41) is 8.66. The standard InChI is InChI=1S/C11H9F2NO2/c1-2-16-10(15)5-7-3-4-9(12)11(13)8(7)6-14/h3-4H,2,5H2,1H3. The number of esters is 1. The molecule has 0 fully saturated rings. The van der Waals surface area contributed by atoms with Gasteiger partial charge in [0, 0.05) is 0 Å². The Bertz CT molecular complexity index is 452. The van der Waals surface area contributed by atoms with Gasteiger partial charge in [0.1, 0.15) is 6.07 Å². The van der Waals surface area contributed by atoms with Crippen molar-refractivity contribution in [2.45, 2.75) is 13.3 Å². The predicted octanol–water partition coefficient (Wildman–Crippen LogP) is 1.94. The largest absolute Gasteiger partial charge is 0.466 e.